The molecule has 2 fully saturated rings. The number of hydrogen-bond donors (Lipinski definition) is 1. The molecule has 0 saturated carbocycles. The van der Waals surface area contributed by atoms with Gasteiger partial charge in [-0.15, -0.1) is 11.3 Å². The largest absolute Gasteiger partial charge is 0.393 e. The third-order valence-electron chi connectivity index (χ3n) is 6.80. The van der Waals surface area contributed by atoms with Gasteiger partial charge in [-0.1, -0.05) is 24.3 Å². The van der Waals surface area contributed by atoms with Crippen LogP contribution in [0.5, 0.6) is 0 Å². The summed E-state index contributed by atoms with van der Waals surface area (Å²) in [5, 5.41) is 0.717. The number of likely N-dealkylation sites (tertiary alicyclic amines) is 1. The van der Waals surface area contributed by atoms with Gasteiger partial charge in [0.15, 0.2) is 0 Å². The molecule has 3 aromatic rings. The van der Waals surface area contributed by atoms with Crippen LogP contribution in [-0.2, 0) is 24.2 Å². The van der Waals surface area contributed by atoms with Crippen molar-refractivity contribution >= 4 is 33.3 Å². The zero-order chi connectivity index (χ0) is 23.9. The van der Waals surface area contributed by atoms with Crippen molar-refractivity contribution in [3.05, 3.63) is 52.7 Å². The Kier molecular flexibility index (Phi) is 5.97. The molecule has 34 heavy (non-hydrogen) atoms. The summed E-state index contributed by atoms with van der Waals surface area (Å²) >= 11 is 1.09. The number of amides is 1. The number of anilines is 1. The third kappa shape index (κ3) is 5.02. The van der Waals surface area contributed by atoms with Gasteiger partial charge in [-0.05, 0) is 36.6 Å². The Bertz CT molecular complexity index is 1200. The molecule has 2 aliphatic heterocycles. The molecule has 0 bridgehead atoms. The molecule has 6 nitrogen and oxygen atoms in total. The lowest BCUT2D eigenvalue weighted by molar-refractivity contribution is -0.126. The first kappa shape index (κ1) is 23.0. The number of thiophene rings is 1. The Morgan fingerprint density at radius 1 is 1.09 bits per heavy atom. The van der Waals surface area contributed by atoms with E-state index in [-0.39, 0.29) is 22.6 Å². The van der Waals surface area contributed by atoms with E-state index < -0.39 is 12.6 Å². The van der Waals surface area contributed by atoms with E-state index in [9.17, 15) is 18.0 Å². The molecule has 2 aliphatic rings. The second kappa shape index (κ2) is 8.81. The minimum Gasteiger partial charge on any atom is -0.369 e. The highest BCUT2D eigenvalue weighted by Crippen LogP contribution is 2.43. The molecule has 5 rings (SSSR count). The second-order valence-corrected chi connectivity index (χ2v) is 10.6. The van der Waals surface area contributed by atoms with Crippen LogP contribution >= 0.6 is 11.3 Å². The van der Waals surface area contributed by atoms with Gasteiger partial charge in [0.1, 0.15) is 17.0 Å². The van der Waals surface area contributed by atoms with E-state index in [1.165, 1.54) is 11.9 Å². The standard InChI is InChI=1S/C24H26F3N5OS/c25-24(26,27)11-18-10-19-21(29-15-30-22(19)34-18)32-8-6-23(14-32)5-7-31(13-23)12-17-3-1-16(2-4-17)9-20(28)33/h1-4,10,15H,5-9,11-14H2,(H2,28,33). The van der Waals surface area contributed by atoms with E-state index in [0.29, 0.717) is 4.83 Å². The molecule has 0 aliphatic carbocycles. The summed E-state index contributed by atoms with van der Waals surface area (Å²) in [5.41, 5.74) is 7.55. The van der Waals surface area contributed by atoms with Crippen molar-refractivity contribution in [1.82, 2.24) is 14.9 Å². The molecule has 0 radical (unpaired) electrons. The molecule has 180 valence electrons. The molecular formula is C24H26F3N5OS. The first-order valence-electron chi connectivity index (χ1n) is 11.3. The SMILES string of the molecule is NC(=O)Cc1ccc(CN2CCC3(CCN(c4ncnc5sc(CC(F)(F)F)cc45)C3)C2)cc1. The van der Waals surface area contributed by atoms with Crippen LogP contribution in [0.2, 0.25) is 0 Å². The molecule has 1 unspecified atom stereocenters. The first-order chi connectivity index (χ1) is 16.2. The Labute approximate surface area is 199 Å². The molecule has 1 aromatic carbocycles. The van der Waals surface area contributed by atoms with Crippen molar-refractivity contribution in [3.63, 3.8) is 0 Å². The van der Waals surface area contributed by atoms with Gasteiger partial charge in [0, 0.05) is 36.5 Å². The average Bonchev–Trinajstić information content (AvgIpc) is 3.46. The van der Waals surface area contributed by atoms with Crippen LogP contribution in [0.15, 0.2) is 36.7 Å². The van der Waals surface area contributed by atoms with E-state index in [4.69, 9.17) is 5.73 Å². The lowest BCUT2D eigenvalue weighted by atomic mass is 9.86. The smallest absolute Gasteiger partial charge is 0.369 e. The van der Waals surface area contributed by atoms with Gasteiger partial charge < -0.3 is 10.6 Å². The van der Waals surface area contributed by atoms with E-state index >= 15 is 0 Å². The van der Waals surface area contributed by atoms with Gasteiger partial charge in [-0.25, -0.2) is 9.97 Å². The zero-order valence-corrected chi connectivity index (χ0v) is 19.5. The highest BCUT2D eigenvalue weighted by molar-refractivity contribution is 7.18. The van der Waals surface area contributed by atoms with Crippen molar-refractivity contribution in [2.75, 3.05) is 31.1 Å². The quantitative estimate of drug-likeness (QED) is 0.568. The van der Waals surface area contributed by atoms with E-state index in [2.05, 4.69) is 31.9 Å². The van der Waals surface area contributed by atoms with Crippen molar-refractivity contribution < 1.29 is 18.0 Å². The summed E-state index contributed by atoms with van der Waals surface area (Å²) in [6.07, 6.45) is -1.34. The molecule has 2 N–H and O–H groups in total. The summed E-state index contributed by atoms with van der Waals surface area (Å²) in [7, 11) is 0. The predicted molar refractivity (Wildman–Crippen MR) is 126 cm³/mol. The minimum absolute atomic E-state index is 0.161. The first-order valence-corrected chi connectivity index (χ1v) is 12.1. The van der Waals surface area contributed by atoms with E-state index in [1.807, 2.05) is 12.1 Å². The fourth-order valence-electron chi connectivity index (χ4n) is 5.26. The molecule has 10 heteroatoms. The van der Waals surface area contributed by atoms with Gasteiger partial charge in [-0.3, -0.25) is 9.69 Å². The number of benzene rings is 1. The number of alkyl halides is 3. The van der Waals surface area contributed by atoms with Gasteiger partial charge in [-0.2, -0.15) is 13.2 Å². The highest BCUT2D eigenvalue weighted by atomic mass is 32.1. The normalized spacial score (nSPS) is 21.2. The fraction of sp³-hybridized carbons (Fsp3) is 0.458. The van der Waals surface area contributed by atoms with E-state index in [1.54, 1.807) is 6.07 Å². The lowest BCUT2D eigenvalue weighted by Crippen LogP contribution is -2.31. The van der Waals surface area contributed by atoms with Crippen LogP contribution in [0.1, 0.15) is 28.8 Å². The Morgan fingerprint density at radius 2 is 1.82 bits per heavy atom. The van der Waals surface area contributed by atoms with Crippen LogP contribution in [0.4, 0.5) is 19.0 Å². The van der Waals surface area contributed by atoms with Crippen LogP contribution in [0, 0.1) is 5.41 Å². The zero-order valence-electron chi connectivity index (χ0n) is 18.6. The molecule has 2 aromatic heterocycles. The van der Waals surface area contributed by atoms with E-state index in [0.717, 1.165) is 73.7 Å². The van der Waals surface area contributed by atoms with Crippen LogP contribution in [0.3, 0.4) is 0 Å². The van der Waals surface area contributed by atoms with Crippen molar-refractivity contribution in [2.24, 2.45) is 11.1 Å². The number of carbonyl (C=O) groups excluding carboxylic acids is 1. The predicted octanol–water partition coefficient (Wildman–Crippen LogP) is 3.93. The van der Waals surface area contributed by atoms with Gasteiger partial charge in [0.05, 0.1) is 18.2 Å². The maximum atomic E-state index is 12.9. The summed E-state index contributed by atoms with van der Waals surface area (Å²) in [6, 6.07) is 9.62. The number of aromatic nitrogens is 2. The number of carbonyl (C=O) groups is 1. The summed E-state index contributed by atoms with van der Waals surface area (Å²) in [4.78, 5) is 25.3. The molecule has 1 spiro atoms. The number of fused-ring (bicyclic) bond motifs is 1. The van der Waals surface area contributed by atoms with Gasteiger partial charge in [0.2, 0.25) is 5.91 Å². The second-order valence-electron chi connectivity index (χ2n) is 9.51. The summed E-state index contributed by atoms with van der Waals surface area (Å²) in [5.74, 6) is 0.412. The van der Waals surface area contributed by atoms with Crippen LogP contribution in [0.25, 0.3) is 10.2 Å². The number of hydrogen-bond acceptors (Lipinski definition) is 6. The molecular weight excluding hydrogens is 463 g/mol. The van der Waals surface area contributed by atoms with Crippen LogP contribution < -0.4 is 10.6 Å². The Balaban J connectivity index is 1.25. The monoisotopic (exact) mass is 489 g/mol. The number of rotatable bonds is 6. The minimum atomic E-state index is -4.23. The van der Waals surface area contributed by atoms with Gasteiger partial charge in [0.25, 0.3) is 0 Å². The van der Waals surface area contributed by atoms with Gasteiger partial charge >= 0.3 is 6.18 Å². The molecule has 1 atom stereocenters. The third-order valence-corrected chi connectivity index (χ3v) is 7.84. The van der Waals surface area contributed by atoms with Crippen molar-refractivity contribution in [3.8, 4) is 0 Å². The number of halogens is 3. The Morgan fingerprint density at radius 3 is 2.56 bits per heavy atom. The summed E-state index contributed by atoms with van der Waals surface area (Å²) < 4.78 is 38.6. The van der Waals surface area contributed by atoms with Crippen molar-refractivity contribution in [2.45, 2.75) is 38.4 Å². The maximum Gasteiger partial charge on any atom is 0.393 e. The number of nitrogens with two attached hydrogens (primary N) is 1. The fourth-order valence-corrected chi connectivity index (χ4v) is 6.28. The topological polar surface area (TPSA) is 75.4 Å². The lowest BCUT2D eigenvalue weighted by Gasteiger charge is -2.25. The maximum absolute atomic E-state index is 12.9. The van der Waals surface area contributed by atoms with Crippen molar-refractivity contribution in [1.29, 1.82) is 0 Å². The molecule has 2 saturated heterocycles. The molecule has 1 amide bonds. The Hall–Kier alpha value is -2.72. The number of nitrogens with zero attached hydrogens (tertiary/aromatic N) is 4. The molecule has 4 heterocycles. The average molecular weight is 490 g/mol. The number of primary amides is 1. The highest BCUT2D eigenvalue weighted by Gasteiger charge is 2.44. The summed E-state index contributed by atoms with van der Waals surface area (Å²) in [6.45, 7) is 4.51. The van der Waals surface area contributed by atoms with Crippen LogP contribution in [-0.4, -0.2) is 53.1 Å².